The van der Waals surface area contributed by atoms with E-state index in [9.17, 15) is 9.18 Å². The molecule has 0 unspecified atom stereocenters. The summed E-state index contributed by atoms with van der Waals surface area (Å²) < 4.78 is 12.8. The minimum atomic E-state index is -0.485. The second-order valence-corrected chi connectivity index (χ2v) is 3.07. The van der Waals surface area contributed by atoms with E-state index in [0.29, 0.717) is 17.0 Å². The smallest absolute Gasteiger partial charge is 0.236 e. The van der Waals surface area contributed by atoms with Crippen LogP contribution in [0, 0.1) is 5.82 Å². The van der Waals surface area contributed by atoms with Gasteiger partial charge in [-0.2, -0.15) is 0 Å². The molecule has 1 amide bonds. The van der Waals surface area contributed by atoms with Crippen molar-refractivity contribution in [3.63, 3.8) is 0 Å². The zero-order valence-electron chi connectivity index (χ0n) is 7.75. The fraction of sp³-hybridized carbons (Fsp3) is 0.111. The van der Waals surface area contributed by atoms with Crippen molar-refractivity contribution in [2.45, 2.75) is 0 Å². The van der Waals surface area contributed by atoms with Gasteiger partial charge in [0.1, 0.15) is 5.82 Å². The second kappa shape index (κ2) is 3.56. The number of primary amides is 1. The molecule has 0 saturated heterocycles. The van der Waals surface area contributed by atoms with Crippen LogP contribution < -0.4 is 11.1 Å². The molecule has 78 valence electrons. The summed E-state index contributed by atoms with van der Waals surface area (Å²) in [5.41, 5.74) is 6.15. The van der Waals surface area contributed by atoms with Crippen LogP contribution in [-0.2, 0) is 4.79 Å². The van der Waals surface area contributed by atoms with Crippen molar-refractivity contribution in [3.05, 3.63) is 24.0 Å². The van der Waals surface area contributed by atoms with Crippen LogP contribution in [-0.4, -0.2) is 22.4 Å². The summed E-state index contributed by atoms with van der Waals surface area (Å²) in [5.74, 6) is -0.427. The lowest BCUT2D eigenvalue weighted by molar-refractivity contribution is -0.116. The van der Waals surface area contributed by atoms with Crippen molar-refractivity contribution in [1.29, 1.82) is 0 Å². The molecule has 0 fully saturated rings. The lowest BCUT2D eigenvalue weighted by Crippen LogP contribution is -2.22. The molecule has 0 bridgehead atoms. The number of nitrogens with zero attached hydrogens (tertiary/aromatic N) is 1. The molecule has 5 nitrogen and oxygen atoms in total. The van der Waals surface area contributed by atoms with Gasteiger partial charge in [0.25, 0.3) is 0 Å². The van der Waals surface area contributed by atoms with E-state index in [0.717, 1.165) is 0 Å². The number of aromatic nitrogens is 2. The van der Waals surface area contributed by atoms with Crippen molar-refractivity contribution in [3.8, 4) is 0 Å². The Kier molecular flexibility index (Phi) is 2.24. The molecule has 2 aromatic rings. The van der Waals surface area contributed by atoms with Crippen molar-refractivity contribution < 1.29 is 9.18 Å². The number of benzene rings is 1. The van der Waals surface area contributed by atoms with E-state index in [-0.39, 0.29) is 12.4 Å². The Labute approximate surface area is 84.5 Å². The van der Waals surface area contributed by atoms with Gasteiger partial charge in [-0.25, -0.2) is 9.37 Å². The van der Waals surface area contributed by atoms with E-state index in [2.05, 4.69) is 15.3 Å². The van der Waals surface area contributed by atoms with Crippen LogP contribution in [0.1, 0.15) is 0 Å². The molecule has 0 radical (unpaired) electrons. The van der Waals surface area contributed by atoms with E-state index >= 15 is 0 Å². The van der Waals surface area contributed by atoms with Crippen molar-refractivity contribution in [1.82, 2.24) is 9.97 Å². The number of carbonyl (C=O) groups is 1. The van der Waals surface area contributed by atoms with Crippen molar-refractivity contribution >= 4 is 22.9 Å². The standard InChI is InChI=1S/C9H9FN4O/c10-5-1-2-6-7(3-5)14-9(13-6)12-4-8(11)15/h1-3H,4H2,(H2,11,15)(H2,12,13,14). The van der Waals surface area contributed by atoms with E-state index in [1.807, 2.05) is 0 Å². The summed E-state index contributed by atoms with van der Waals surface area (Å²) in [5, 5.41) is 2.69. The average molecular weight is 208 g/mol. The minimum Gasteiger partial charge on any atom is -0.368 e. The second-order valence-electron chi connectivity index (χ2n) is 3.07. The number of H-pyrrole nitrogens is 1. The lowest BCUT2D eigenvalue weighted by atomic mass is 10.3. The maximum Gasteiger partial charge on any atom is 0.236 e. The van der Waals surface area contributed by atoms with Crippen molar-refractivity contribution in [2.75, 3.05) is 11.9 Å². The number of hydrogen-bond acceptors (Lipinski definition) is 3. The van der Waals surface area contributed by atoms with Crippen LogP contribution in [0.25, 0.3) is 11.0 Å². The first-order valence-electron chi connectivity index (χ1n) is 4.32. The largest absolute Gasteiger partial charge is 0.368 e. The number of nitrogens with one attached hydrogen (secondary N) is 2. The van der Waals surface area contributed by atoms with Crippen LogP contribution in [0.2, 0.25) is 0 Å². The van der Waals surface area contributed by atoms with Gasteiger partial charge in [-0.1, -0.05) is 0 Å². The number of anilines is 1. The highest BCUT2D eigenvalue weighted by Crippen LogP contribution is 2.14. The predicted molar refractivity (Wildman–Crippen MR) is 53.7 cm³/mol. The minimum absolute atomic E-state index is 0.0116. The summed E-state index contributed by atoms with van der Waals surface area (Å²) in [6.07, 6.45) is 0. The Hall–Kier alpha value is -2.11. The molecular formula is C9H9FN4O. The highest BCUT2D eigenvalue weighted by molar-refractivity contribution is 5.80. The van der Waals surface area contributed by atoms with Crippen molar-refractivity contribution in [2.24, 2.45) is 5.73 Å². The van der Waals surface area contributed by atoms with Gasteiger partial charge in [0.05, 0.1) is 17.6 Å². The molecule has 15 heavy (non-hydrogen) atoms. The van der Waals surface area contributed by atoms with Gasteiger partial charge in [0.15, 0.2) is 0 Å². The van der Waals surface area contributed by atoms with Gasteiger partial charge in [-0.05, 0) is 18.2 Å². The first-order valence-corrected chi connectivity index (χ1v) is 4.32. The number of nitrogens with two attached hydrogens (primary N) is 1. The first kappa shape index (κ1) is 9.45. The van der Waals surface area contributed by atoms with E-state index in [1.54, 1.807) is 6.07 Å². The van der Waals surface area contributed by atoms with Crippen LogP contribution in [0.3, 0.4) is 0 Å². The predicted octanol–water partition coefficient (Wildman–Crippen LogP) is 0.599. The maximum atomic E-state index is 12.8. The van der Waals surface area contributed by atoms with Gasteiger partial charge >= 0.3 is 0 Å². The Bertz CT molecular complexity index is 508. The molecule has 4 N–H and O–H groups in total. The van der Waals surface area contributed by atoms with E-state index < -0.39 is 5.91 Å². The monoisotopic (exact) mass is 208 g/mol. The fourth-order valence-corrected chi connectivity index (χ4v) is 1.24. The SMILES string of the molecule is NC(=O)CNc1nc2ccc(F)cc2[nH]1. The molecule has 0 saturated carbocycles. The maximum absolute atomic E-state index is 12.8. The first-order chi connectivity index (χ1) is 7.15. The fourth-order valence-electron chi connectivity index (χ4n) is 1.24. The third-order valence-electron chi connectivity index (χ3n) is 1.87. The highest BCUT2D eigenvalue weighted by atomic mass is 19.1. The molecule has 6 heteroatoms. The van der Waals surface area contributed by atoms with E-state index in [1.165, 1.54) is 12.1 Å². The van der Waals surface area contributed by atoms with E-state index in [4.69, 9.17) is 5.73 Å². The summed E-state index contributed by atoms with van der Waals surface area (Å²) in [7, 11) is 0. The van der Waals surface area contributed by atoms with Gasteiger partial charge in [0.2, 0.25) is 11.9 Å². The Morgan fingerprint density at radius 2 is 2.40 bits per heavy atom. The van der Waals surface area contributed by atoms with Gasteiger partial charge in [0, 0.05) is 0 Å². The normalized spacial score (nSPS) is 10.5. The van der Waals surface area contributed by atoms with Crippen LogP contribution >= 0.6 is 0 Å². The third-order valence-corrected chi connectivity index (χ3v) is 1.87. The summed E-state index contributed by atoms with van der Waals surface area (Å²) in [6, 6.07) is 4.20. The third kappa shape index (κ3) is 2.04. The molecule has 0 aliphatic rings. The van der Waals surface area contributed by atoms with Crippen LogP contribution in [0.4, 0.5) is 10.3 Å². The number of aromatic amines is 1. The number of amides is 1. The molecule has 0 spiro atoms. The average Bonchev–Trinajstić information content (AvgIpc) is 2.56. The van der Waals surface area contributed by atoms with Gasteiger partial charge in [-0.3, -0.25) is 4.79 Å². The molecule has 0 aliphatic carbocycles. The zero-order valence-corrected chi connectivity index (χ0v) is 7.75. The molecule has 1 heterocycles. The number of carbonyl (C=O) groups excluding carboxylic acids is 1. The Balaban J connectivity index is 2.27. The van der Waals surface area contributed by atoms with Gasteiger partial charge in [-0.15, -0.1) is 0 Å². The summed E-state index contributed by atoms with van der Waals surface area (Å²) in [4.78, 5) is 17.4. The molecule has 0 aliphatic heterocycles. The number of fused-ring (bicyclic) bond motifs is 1. The number of rotatable bonds is 3. The Morgan fingerprint density at radius 3 is 3.13 bits per heavy atom. The zero-order chi connectivity index (χ0) is 10.8. The Morgan fingerprint density at radius 1 is 1.60 bits per heavy atom. The van der Waals surface area contributed by atoms with Gasteiger partial charge < -0.3 is 16.0 Å². The highest BCUT2D eigenvalue weighted by Gasteiger charge is 2.03. The lowest BCUT2D eigenvalue weighted by Gasteiger charge is -1.96. The summed E-state index contributed by atoms with van der Waals surface area (Å²) in [6.45, 7) is -0.0116. The molecule has 0 atom stereocenters. The molecule has 1 aromatic carbocycles. The summed E-state index contributed by atoms with van der Waals surface area (Å²) >= 11 is 0. The van der Waals surface area contributed by atoms with Crippen LogP contribution in [0.15, 0.2) is 18.2 Å². The topological polar surface area (TPSA) is 83.8 Å². The number of halogens is 1. The van der Waals surface area contributed by atoms with Crippen LogP contribution in [0.5, 0.6) is 0 Å². The molecule has 1 aromatic heterocycles. The number of imidazole rings is 1. The quantitative estimate of drug-likeness (QED) is 0.690. The molecule has 2 rings (SSSR count). The number of hydrogen-bond donors (Lipinski definition) is 3. The molecular weight excluding hydrogens is 199 g/mol.